The highest BCUT2D eigenvalue weighted by Crippen LogP contribution is 2.33. The van der Waals surface area contributed by atoms with Gasteiger partial charge in [0, 0.05) is 7.05 Å². The molecule has 4 rings (SSSR count). The summed E-state index contributed by atoms with van der Waals surface area (Å²) in [5, 5.41) is 19.3. The summed E-state index contributed by atoms with van der Waals surface area (Å²) in [5.74, 6) is -0.262. The van der Waals surface area contributed by atoms with Gasteiger partial charge in [0.2, 0.25) is 5.78 Å². The third-order valence-corrected chi connectivity index (χ3v) is 5.89. The number of aromatic nitrogens is 5. The molecule has 13 heteroatoms. The predicted octanol–water partition coefficient (Wildman–Crippen LogP) is -1.29. The normalized spacial score (nSPS) is 24.5. The summed E-state index contributed by atoms with van der Waals surface area (Å²) in [5.41, 5.74) is 6.81. The topological polar surface area (TPSA) is 159 Å². The maximum Gasteiger partial charge on any atom is 0.322 e. The van der Waals surface area contributed by atoms with E-state index in [9.17, 15) is 24.2 Å². The van der Waals surface area contributed by atoms with E-state index < -0.39 is 48.8 Å². The van der Waals surface area contributed by atoms with Crippen molar-refractivity contribution in [2.75, 3.05) is 13.7 Å². The first-order chi connectivity index (χ1) is 15.2. The van der Waals surface area contributed by atoms with Crippen LogP contribution in [0.25, 0.3) is 16.9 Å². The van der Waals surface area contributed by atoms with Crippen LogP contribution in [-0.2, 0) is 27.7 Å². The second-order valence-electron chi connectivity index (χ2n) is 7.82. The summed E-state index contributed by atoms with van der Waals surface area (Å²) in [6.45, 7) is 1.18. The molecule has 32 heavy (non-hydrogen) atoms. The number of alkyl halides is 1. The van der Waals surface area contributed by atoms with Crippen molar-refractivity contribution in [3.8, 4) is 0 Å². The number of hydrogen-bond acceptors (Lipinski definition) is 9. The highest BCUT2D eigenvalue weighted by molar-refractivity contribution is 5.75. The number of esters is 1. The molecule has 0 aromatic carbocycles. The summed E-state index contributed by atoms with van der Waals surface area (Å²) in [6, 6.07) is -0.844. The molecule has 1 aliphatic rings. The lowest BCUT2D eigenvalue weighted by atomic mass is 10.1. The van der Waals surface area contributed by atoms with E-state index in [0.717, 1.165) is 0 Å². The molecule has 174 valence electrons. The van der Waals surface area contributed by atoms with Gasteiger partial charge in [0.15, 0.2) is 23.6 Å². The van der Waals surface area contributed by atoms with E-state index in [-0.39, 0.29) is 23.4 Å². The van der Waals surface area contributed by atoms with Crippen LogP contribution in [0.4, 0.5) is 4.39 Å². The third kappa shape index (κ3) is 3.28. The molecule has 4 heterocycles. The number of imidazole rings is 2. The highest BCUT2D eigenvalue weighted by Gasteiger charge is 2.45. The summed E-state index contributed by atoms with van der Waals surface area (Å²) in [4.78, 5) is 33.6. The first kappa shape index (κ1) is 22.3. The van der Waals surface area contributed by atoms with Gasteiger partial charge in [0.25, 0.3) is 5.56 Å². The van der Waals surface area contributed by atoms with Crippen LogP contribution in [-0.4, -0.2) is 77.8 Å². The smallest absolute Gasteiger partial charge is 0.322 e. The average Bonchev–Trinajstić information content (AvgIpc) is 3.44. The number of aryl methyl sites for hydroxylation is 3. The molecule has 3 aromatic rings. The van der Waals surface area contributed by atoms with Crippen molar-refractivity contribution >= 4 is 22.9 Å². The van der Waals surface area contributed by atoms with Crippen molar-refractivity contribution in [3.05, 3.63) is 28.1 Å². The van der Waals surface area contributed by atoms with Gasteiger partial charge in [-0.2, -0.15) is 0 Å². The molecule has 0 bridgehead atoms. The monoisotopic (exact) mass is 452 g/mol. The SMILES string of the molecule is COC(=O)C(N)CCc1c(C)nc2n(C)c3c(ncn3[C@@H]3O[C@H](CO)C(O)[C@@H]3F)c(=O)n12. The molecule has 2 unspecified atom stereocenters. The summed E-state index contributed by atoms with van der Waals surface area (Å²) < 4.78 is 29.1. The Balaban J connectivity index is 1.81. The number of aliphatic hydroxyl groups is 2. The van der Waals surface area contributed by atoms with Crippen molar-refractivity contribution < 1.29 is 28.9 Å². The fourth-order valence-electron chi connectivity index (χ4n) is 4.14. The number of nitrogens with zero attached hydrogens (tertiary/aromatic N) is 5. The molecule has 1 fully saturated rings. The number of rotatable bonds is 6. The molecule has 0 aliphatic carbocycles. The molecule has 0 saturated carbocycles. The minimum absolute atomic E-state index is 0.0497. The number of hydrogen-bond donors (Lipinski definition) is 3. The minimum atomic E-state index is -1.83. The maximum absolute atomic E-state index is 14.7. The molecule has 3 aromatic heterocycles. The number of methoxy groups -OCH3 is 1. The largest absolute Gasteiger partial charge is 0.468 e. The standard InChI is InChI=1S/C19H25FN6O6/c1-8-10(5-4-9(21)18(30)31-3)26-16(29)13-15(24(2)19(26)23-8)25(7-22-13)17-12(20)14(28)11(6-27)32-17/h7,9,11-12,14,17,27-28H,4-6,21H2,1-3H3/t9?,11-,12+,14?,17-/m1/s1. The molecule has 0 radical (unpaired) electrons. The zero-order valence-corrected chi connectivity index (χ0v) is 17.8. The summed E-state index contributed by atoms with van der Waals surface area (Å²) in [6.07, 6.45) is -3.89. The third-order valence-electron chi connectivity index (χ3n) is 5.89. The average molecular weight is 452 g/mol. The second-order valence-corrected chi connectivity index (χ2v) is 7.82. The van der Waals surface area contributed by atoms with E-state index in [0.29, 0.717) is 17.8 Å². The van der Waals surface area contributed by atoms with Crippen molar-refractivity contribution in [3.63, 3.8) is 0 Å². The lowest BCUT2D eigenvalue weighted by Gasteiger charge is -2.17. The van der Waals surface area contributed by atoms with Gasteiger partial charge in [0.05, 0.1) is 31.4 Å². The van der Waals surface area contributed by atoms with E-state index >= 15 is 0 Å². The van der Waals surface area contributed by atoms with Gasteiger partial charge in [-0.05, 0) is 19.8 Å². The van der Waals surface area contributed by atoms with Crippen LogP contribution in [0.15, 0.2) is 11.1 Å². The van der Waals surface area contributed by atoms with Gasteiger partial charge in [-0.1, -0.05) is 0 Å². The van der Waals surface area contributed by atoms with Gasteiger partial charge < -0.3 is 25.4 Å². The zero-order valence-electron chi connectivity index (χ0n) is 17.8. The van der Waals surface area contributed by atoms with Crippen LogP contribution < -0.4 is 11.3 Å². The summed E-state index contributed by atoms with van der Waals surface area (Å²) >= 11 is 0. The molecule has 0 amide bonds. The van der Waals surface area contributed by atoms with E-state index in [1.165, 1.54) is 22.4 Å². The molecular formula is C19H25FN6O6. The second kappa shape index (κ2) is 8.24. The van der Waals surface area contributed by atoms with Crippen molar-refractivity contribution in [1.29, 1.82) is 0 Å². The fraction of sp³-hybridized carbons (Fsp3) is 0.579. The van der Waals surface area contributed by atoms with Crippen LogP contribution in [0.2, 0.25) is 0 Å². The Morgan fingerprint density at radius 2 is 2.19 bits per heavy atom. The number of nitrogens with two attached hydrogens (primary N) is 1. The molecule has 12 nitrogen and oxygen atoms in total. The Morgan fingerprint density at radius 1 is 1.47 bits per heavy atom. The van der Waals surface area contributed by atoms with Gasteiger partial charge in [-0.3, -0.25) is 18.7 Å². The quantitative estimate of drug-likeness (QED) is 0.387. The fourth-order valence-corrected chi connectivity index (χ4v) is 4.14. The Bertz CT molecular complexity index is 1230. The lowest BCUT2D eigenvalue weighted by Crippen LogP contribution is -2.32. The molecule has 1 aliphatic heterocycles. The number of carbonyl (C=O) groups is 1. The maximum atomic E-state index is 14.7. The number of fused-ring (bicyclic) bond motifs is 2. The van der Waals surface area contributed by atoms with E-state index in [4.69, 9.17) is 10.5 Å². The summed E-state index contributed by atoms with van der Waals surface area (Å²) in [7, 11) is 2.90. The molecular weight excluding hydrogens is 427 g/mol. The Kier molecular flexibility index (Phi) is 5.75. The Hall–Kier alpha value is -2.87. The first-order valence-electron chi connectivity index (χ1n) is 10.1. The van der Waals surface area contributed by atoms with Gasteiger partial charge in [-0.15, -0.1) is 0 Å². The number of carbonyl (C=O) groups excluding carboxylic acids is 1. The van der Waals surface area contributed by atoms with Crippen LogP contribution in [0.1, 0.15) is 24.0 Å². The molecule has 5 atom stereocenters. The van der Waals surface area contributed by atoms with Crippen LogP contribution in [0, 0.1) is 6.92 Å². The molecule has 0 spiro atoms. The first-order valence-corrected chi connectivity index (χ1v) is 10.1. The molecule has 1 saturated heterocycles. The van der Waals surface area contributed by atoms with Crippen LogP contribution in [0.3, 0.4) is 0 Å². The van der Waals surface area contributed by atoms with Crippen molar-refractivity contribution in [2.24, 2.45) is 12.8 Å². The van der Waals surface area contributed by atoms with Gasteiger partial charge in [-0.25, -0.2) is 18.8 Å². The Labute approximate surface area is 181 Å². The van der Waals surface area contributed by atoms with Crippen LogP contribution >= 0.6 is 0 Å². The van der Waals surface area contributed by atoms with Crippen LogP contribution in [0.5, 0.6) is 0 Å². The van der Waals surface area contributed by atoms with Crippen molar-refractivity contribution in [2.45, 2.75) is 50.4 Å². The van der Waals surface area contributed by atoms with E-state index in [1.807, 2.05) is 0 Å². The zero-order chi connectivity index (χ0) is 23.3. The number of aliphatic hydroxyl groups excluding tert-OH is 2. The van der Waals surface area contributed by atoms with Gasteiger partial charge >= 0.3 is 5.97 Å². The minimum Gasteiger partial charge on any atom is -0.468 e. The predicted molar refractivity (Wildman–Crippen MR) is 109 cm³/mol. The van der Waals surface area contributed by atoms with E-state index in [2.05, 4.69) is 14.7 Å². The van der Waals surface area contributed by atoms with E-state index in [1.54, 1.807) is 18.5 Å². The van der Waals surface area contributed by atoms with Crippen molar-refractivity contribution in [1.82, 2.24) is 23.5 Å². The number of halogens is 1. The van der Waals surface area contributed by atoms with Gasteiger partial charge in [0.1, 0.15) is 18.2 Å². The number of ether oxygens (including phenoxy) is 2. The Morgan fingerprint density at radius 3 is 2.81 bits per heavy atom. The highest BCUT2D eigenvalue weighted by atomic mass is 19.1. The lowest BCUT2D eigenvalue weighted by molar-refractivity contribution is -0.142. The molecule has 4 N–H and O–H groups in total.